The van der Waals surface area contributed by atoms with Crippen molar-refractivity contribution in [1.82, 2.24) is 24.4 Å². The van der Waals surface area contributed by atoms with Crippen molar-refractivity contribution in [3.8, 4) is 5.82 Å². The third-order valence-corrected chi connectivity index (χ3v) is 5.60. The highest BCUT2D eigenvalue weighted by atomic mass is 19.4. The van der Waals surface area contributed by atoms with Gasteiger partial charge in [0.05, 0.1) is 5.56 Å². The molecule has 0 aliphatic carbocycles. The van der Waals surface area contributed by atoms with Gasteiger partial charge in [0, 0.05) is 48.5 Å². The van der Waals surface area contributed by atoms with Crippen LogP contribution in [0.4, 0.5) is 36.3 Å². The third kappa shape index (κ3) is 6.65. The van der Waals surface area contributed by atoms with E-state index in [2.05, 4.69) is 35.8 Å². The fourth-order valence-corrected chi connectivity index (χ4v) is 3.56. The van der Waals surface area contributed by atoms with Crippen LogP contribution in [0.3, 0.4) is 0 Å². The van der Waals surface area contributed by atoms with Gasteiger partial charge in [-0.1, -0.05) is 12.1 Å². The van der Waals surface area contributed by atoms with Gasteiger partial charge in [0.15, 0.2) is 0 Å². The van der Waals surface area contributed by atoms with Crippen LogP contribution in [-0.2, 0) is 6.18 Å². The van der Waals surface area contributed by atoms with Crippen LogP contribution in [0.15, 0.2) is 67.3 Å². The Morgan fingerprint density at radius 2 is 1.87 bits per heavy atom. The SMILES string of the molecule is Cc1ccc(NC(=O)c2cccc(C(F)(F)F)c2)cc1Nc1nccn1-c1cc(NCCN(C)C)ncn1. The molecule has 38 heavy (non-hydrogen) atoms. The zero-order chi connectivity index (χ0) is 27.3. The number of alkyl halides is 3. The van der Waals surface area contributed by atoms with E-state index in [0.29, 0.717) is 29.0 Å². The predicted molar refractivity (Wildman–Crippen MR) is 140 cm³/mol. The standard InChI is InChI=1S/C26H27F3N8O/c1-17-7-8-20(34-24(38)18-5-4-6-19(13-18)26(27,28)29)14-21(17)35-25-31-10-12-37(25)23-15-22(32-16-33-23)30-9-11-36(2)3/h4-8,10,12-16H,9,11H2,1-3H3,(H,31,35)(H,34,38)(H,30,32,33). The molecule has 0 saturated carbocycles. The summed E-state index contributed by atoms with van der Waals surface area (Å²) in [7, 11) is 3.98. The second-order valence-electron chi connectivity index (χ2n) is 8.80. The first kappa shape index (κ1) is 26.6. The molecule has 0 aliphatic rings. The van der Waals surface area contributed by atoms with E-state index >= 15 is 0 Å². The molecule has 9 nitrogen and oxygen atoms in total. The van der Waals surface area contributed by atoms with Gasteiger partial charge < -0.3 is 20.9 Å². The van der Waals surface area contributed by atoms with Crippen LogP contribution in [0, 0.1) is 6.92 Å². The highest BCUT2D eigenvalue weighted by molar-refractivity contribution is 6.04. The van der Waals surface area contributed by atoms with Gasteiger partial charge in [0.2, 0.25) is 5.95 Å². The lowest BCUT2D eigenvalue weighted by Gasteiger charge is -2.14. The molecule has 2 aromatic carbocycles. The third-order valence-electron chi connectivity index (χ3n) is 5.60. The molecule has 3 N–H and O–H groups in total. The Morgan fingerprint density at radius 3 is 2.63 bits per heavy atom. The molecule has 12 heteroatoms. The minimum Gasteiger partial charge on any atom is -0.369 e. The van der Waals surface area contributed by atoms with Gasteiger partial charge in [-0.3, -0.25) is 9.36 Å². The van der Waals surface area contributed by atoms with E-state index in [1.165, 1.54) is 18.5 Å². The highest BCUT2D eigenvalue weighted by Gasteiger charge is 2.30. The summed E-state index contributed by atoms with van der Waals surface area (Å²) in [5.74, 6) is 1.10. The second-order valence-corrected chi connectivity index (χ2v) is 8.80. The number of aromatic nitrogens is 4. The number of imidazole rings is 1. The van der Waals surface area contributed by atoms with Gasteiger partial charge in [-0.2, -0.15) is 13.2 Å². The van der Waals surface area contributed by atoms with E-state index in [-0.39, 0.29) is 5.56 Å². The van der Waals surface area contributed by atoms with Crippen molar-refractivity contribution in [2.75, 3.05) is 43.1 Å². The van der Waals surface area contributed by atoms with E-state index in [1.807, 2.05) is 21.0 Å². The number of rotatable bonds is 9. The topological polar surface area (TPSA) is 100 Å². The number of amides is 1. The van der Waals surface area contributed by atoms with Crippen molar-refractivity contribution >= 4 is 29.0 Å². The number of carbonyl (C=O) groups excluding carboxylic acids is 1. The molecule has 1 amide bonds. The highest BCUT2D eigenvalue weighted by Crippen LogP contribution is 2.30. The summed E-state index contributed by atoms with van der Waals surface area (Å²) in [5.41, 5.74) is 0.948. The molecule has 2 aromatic heterocycles. The summed E-state index contributed by atoms with van der Waals surface area (Å²) in [4.78, 5) is 27.7. The molecule has 0 atom stereocenters. The molecule has 0 aliphatic heterocycles. The number of anilines is 4. The van der Waals surface area contributed by atoms with Crippen LogP contribution in [0.2, 0.25) is 0 Å². The van der Waals surface area contributed by atoms with Crippen LogP contribution >= 0.6 is 0 Å². The molecular formula is C26H27F3N8O. The number of aryl methyl sites for hydroxylation is 1. The van der Waals surface area contributed by atoms with Crippen molar-refractivity contribution in [3.63, 3.8) is 0 Å². The van der Waals surface area contributed by atoms with Crippen molar-refractivity contribution in [2.45, 2.75) is 13.1 Å². The van der Waals surface area contributed by atoms with Crippen LogP contribution < -0.4 is 16.0 Å². The Labute approximate surface area is 217 Å². The molecule has 0 bridgehead atoms. The average molecular weight is 525 g/mol. The van der Waals surface area contributed by atoms with Gasteiger partial charge in [-0.25, -0.2) is 15.0 Å². The lowest BCUT2D eigenvalue weighted by atomic mass is 10.1. The van der Waals surface area contributed by atoms with E-state index in [0.717, 1.165) is 30.8 Å². The number of hydrogen-bond acceptors (Lipinski definition) is 7. The number of halogens is 3. The minimum absolute atomic E-state index is 0.0933. The van der Waals surface area contributed by atoms with Gasteiger partial charge in [0.25, 0.3) is 5.91 Å². The molecular weight excluding hydrogens is 497 g/mol. The van der Waals surface area contributed by atoms with Crippen LogP contribution in [0.5, 0.6) is 0 Å². The van der Waals surface area contributed by atoms with Crippen LogP contribution in [-0.4, -0.2) is 57.5 Å². The smallest absolute Gasteiger partial charge is 0.369 e. The van der Waals surface area contributed by atoms with Crippen molar-refractivity contribution < 1.29 is 18.0 Å². The maximum Gasteiger partial charge on any atom is 0.416 e. The molecule has 0 unspecified atom stereocenters. The second kappa shape index (κ2) is 11.3. The number of hydrogen-bond donors (Lipinski definition) is 3. The van der Waals surface area contributed by atoms with Gasteiger partial charge in [0.1, 0.15) is 18.0 Å². The number of likely N-dealkylation sites (N-methyl/N-ethyl adjacent to an activating group) is 1. The molecule has 4 rings (SSSR count). The largest absolute Gasteiger partial charge is 0.416 e. The van der Waals surface area contributed by atoms with Crippen LogP contribution in [0.25, 0.3) is 5.82 Å². The molecule has 0 saturated heterocycles. The summed E-state index contributed by atoms with van der Waals surface area (Å²) >= 11 is 0. The first-order chi connectivity index (χ1) is 18.1. The first-order valence-corrected chi connectivity index (χ1v) is 11.7. The first-order valence-electron chi connectivity index (χ1n) is 11.7. The lowest BCUT2D eigenvalue weighted by molar-refractivity contribution is -0.137. The Balaban J connectivity index is 1.51. The zero-order valence-electron chi connectivity index (χ0n) is 21.0. The Bertz CT molecular complexity index is 1420. The minimum atomic E-state index is -4.54. The molecule has 0 fully saturated rings. The van der Waals surface area contributed by atoms with E-state index in [4.69, 9.17) is 0 Å². The molecule has 2 heterocycles. The maximum atomic E-state index is 13.0. The number of nitrogens with zero attached hydrogens (tertiary/aromatic N) is 5. The zero-order valence-corrected chi connectivity index (χ0v) is 21.0. The van der Waals surface area contributed by atoms with Crippen molar-refractivity contribution in [3.05, 3.63) is 83.9 Å². The quantitative estimate of drug-likeness (QED) is 0.285. The average Bonchev–Trinajstić information content (AvgIpc) is 3.34. The van der Waals surface area contributed by atoms with E-state index in [9.17, 15) is 18.0 Å². The lowest BCUT2D eigenvalue weighted by Crippen LogP contribution is -2.21. The fourth-order valence-electron chi connectivity index (χ4n) is 3.56. The number of benzene rings is 2. The fraction of sp³-hybridized carbons (Fsp3) is 0.231. The summed E-state index contributed by atoms with van der Waals surface area (Å²) in [6.07, 6.45) is 0.305. The molecule has 0 spiro atoms. The monoisotopic (exact) mass is 524 g/mol. The van der Waals surface area contributed by atoms with Crippen molar-refractivity contribution in [2.24, 2.45) is 0 Å². The molecule has 0 radical (unpaired) electrons. The van der Waals surface area contributed by atoms with Gasteiger partial charge >= 0.3 is 6.18 Å². The Morgan fingerprint density at radius 1 is 1.05 bits per heavy atom. The number of carbonyl (C=O) groups is 1. The maximum absolute atomic E-state index is 13.0. The van der Waals surface area contributed by atoms with E-state index in [1.54, 1.807) is 41.2 Å². The Hall–Kier alpha value is -4.45. The summed E-state index contributed by atoms with van der Waals surface area (Å²) in [5, 5.41) is 9.16. The Kier molecular flexibility index (Phi) is 7.91. The molecule has 198 valence electrons. The number of nitrogens with one attached hydrogen (secondary N) is 3. The summed E-state index contributed by atoms with van der Waals surface area (Å²) in [6.45, 7) is 3.44. The van der Waals surface area contributed by atoms with Gasteiger partial charge in [-0.05, 0) is 56.9 Å². The normalized spacial score (nSPS) is 11.4. The summed E-state index contributed by atoms with van der Waals surface area (Å²) in [6, 6.07) is 11.2. The molecule has 4 aromatic rings. The van der Waals surface area contributed by atoms with E-state index < -0.39 is 17.6 Å². The summed E-state index contributed by atoms with van der Waals surface area (Å²) < 4.78 is 40.9. The van der Waals surface area contributed by atoms with Gasteiger partial charge in [-0.15, -0.1) is 0 Å². The van der Waals surface area contributed by atoms with Crippen LogP contribution in [0.1, 0.15) is 21.5 Å². The predicted octanol–water partition coefficient (Wildman–Crippen LogP) is 4.96. The van der Waals surface area contributed by atoms with Crippen molar-refractivity contribution in [1.29, 1.82) is 0 Å².